The maximum atomic E-state index is 12.7. The van der Waals surface area contributed by atoms with Gasteiger partial charge in [-0.25, -0.2) is 13.1 Å². The molecule has 176 valence electrons. The highest BCUT2D eigenvalue weighted by Gasteiger charge is 2.18. The van der Waals surface area contributed by atoms with Crippen LogP contribution in [0, 0.1) is 5.92 Å². The molecule has 2 N–H and O–H groups in total. The predicted molar refractivity (Wildman–Crippen MR) is 126 cm³/mol. The van der Waals surface area contributed by atoms with Crippen LogP contribution in [0.1, 0.15) is 50.0 Å². The topological polar surface area (TPSA) is 93.7 Å². The summed E-state index contributed by atoms with van der Waals surface area (Å²) in [4.78, 5) is 12.8. The van der Waals surface area contributed by atoms with Crippen molar-refractivity contribution >= 4 is 27.5 Å². The lowest BCUT2D eigenvalue weighted by Gasteiger charge is -2.15. The minimum Gasteiger partial charge on any atom is -0.493 e. The SMILES string of the molecule is COc1cc(C(=O)NCc2cccc(S(=O)(=O)NC(C)C)c2)cc(Cl)c1OCCC(C)C. The molecule has 0 unspecified atom stereocenters. The quantitative estimate of drug-likeness (QED) is 0.495. The molecule has 0 radical (unpaired) electrons. The number of hydrogen-bond donors (Lipinski definition) is 2. The van der Waals surface area contributed by atoms with Gasteiger partial charge >= 0.3 is 0 Å². The molecule has 0 spiro atoms. The number of halogens is 1. The van der Waals surface area contributed by atoms with Crippen LogP contribution in [-0.4, -0.2) is 34.1 Å². The van der Waals surface area contributed by atoms with Crippen molar-refractivity contribution in [3.05, 3.63) is 52.5 Å². The molecule has 7 nitrogen and oxygen atoms in total. The zero-order valence-electron chi connectivity index (χ0n) is 19.1. The number of rotatable bonds is 11. The first-order chi connectivity index (χ1) is 15.0. The van der Waals surface area contributed by atoms with E-state index in [0.29, 0.717) is 35.2 Å². The summed E-state index contributed by atoms with van der Waals surface area (Å²) in [6.07, 6.45) is 0.864. The number of nitrogens with one attached hydrogen (secondary N) is 2. The third-order valence-electron chi connectivity index (χ3n) is 4.49. The van der Waals surface area contributed by atoms with Gasteiger partial charge in [0.2, 0.25) is 10.0 Å². The Labute approximate surface area is 195 Å². The molecular weight excluding hydrogens is 452 g/mol. The van der Waals surface area contributed by atoms with Crippen LogP contribution in [-0.2, 0) is 16.6 Å². The standard InChI is InChI=1S/C23H31ClN2O5S/c1-15(2)9-10-31-22-20(24)12-18(13-21(22)30-5)23(27)25-14-17-7-6-8-19(11-17)32(28,29)26-16(3)4/h6-8,11-13,15-16,26H,9-10,14H2,1-5H3,(H,25,27). The largest absolute Gasteiger partial charge is 0.493 e. The molecule has 9 heteroatoms. The molecule has 0 aromatic heterocycles. The molecule has 0 aliphatic rings. The number of sulfonamides is 1. The maximum Gasteiger partial charge on any atom is 0.251 e. The van der Waals surface area contributed by atoms with Crippen molar-refractivity contribution in [2.45, 2.75) is 51.6 Å². The van der Waals surface area contributed by atoms with E-state index in [4.69, 9.17) is 21.1 Å². The van der Waals surface area contributed by atoms with E-state index in [1.807, 2.05) is 0 Å². The van der Waals surface area contributed by atoms with Crippen molar-refractivity contribution in [3.63, 3.8) is 0 Å². The number of carbonyl (C=O) groups is 1. The van der Waals surface area contributed by atoms with Crippen LogP contribution in [0.2, 0.25) is 5.02 Å². The number of carbonyl (C=O) groups excluding carboxylic acids is 1. The van der Waals surface area contributed by atoms with Crippen molar-refractivity contribution in [2.24, 2.45) is 5.92 Å². The number of amides is 1. The Bertz CT molecular complexity index is 1040. The first-order valence-corrected chi connectivity index (χ1v) is 12.3. The van der Waals surface area contributed by atoms with E-state index >= 15 is 0 Å². The second-order valence-electron chi connectivity index (χ2n) is 8.13. The summed E-state index contributed by atoms with van der Waals surface area (Å²) >= 11 is 6.34. The van der Waals surface area contributed by atoms with Gasteiger partial charge in [0.25, 0.3) is 5.91 Å². The second-order valence-corrected chi connectivity index (χ2v) is 10.2. The predicted octanol–water partition coefficient (Wildman–Crippen LogP) is 4.39. The number of ether oxygens (including phenoxy) is 2. The Kier molecular flexibility index (Phi) is 9.36. The van der Waals surface area contributed by atoms with E-state index in [9.17, 15) is 13.2 Å². The van der Waals surface area contributed by atoms with E-state index in [2.05, 4.69) is 23.9 Å². The van der Waals surface area contributed by atoms with Crippen molar-refractivity contribution in [2.75, 3.05) is 13.7 Å². The van der Waals surface area contributed by atoms with Gasteiger partial charge in [-0.15, -0.1) is 0 Å². The molecule has 0 atom stereocenters. The average Bonchev–Trinajstić information content (AvgIpc) is 2.71. The van der Waals surface area contributed by atoms with Crippen LogP contribution in [0.4, 0.5) is 0 Å². The summed E-state index contributed by atoms with van der Waals surface area (Å²) in [7, 11) is -2.13. The Balaban J connectivity index is 2.12. The summed E-state index contributed by atoms with van der Waals surface area (Å²) in [6, 6.07) is 9.30. The van der Waals surface area contributed by atoms with Gasteiger partial charge in [0.15, 0.2) is 11.5 Å². The van der Waals surface area contributed by atoms with Crippen LogP contribution in [0.25, 0.3) is 0 Å². The van der Waals surface area contributed by atoms with Crippen LogP contribution >= 0.6 is 11.6 Å². The molecule has 32 heavy (non-hydrogen) atoms. The monoisotopic (exact) mass is 482 g/mol. The van der Waals surface area contributed by atoms with Crippen molar-refractivity contribution in [1.29, 1.82) is 0 Å². The highest BCUT2D eigenvalue weighted by atomic mass is 35.5. The van der Waals surface area contributed by atoms with Gasteiger partial charge in [-0.1, -0.05) is 37.6 Å². The molecule has 0 aliphatic heterocycles. The number of benzene rings is 2. The summed E-state index contributed by atoms with van der Waals surface area (Å²) in [5.41, 5.74) is 0.963. The summed E-state index contributed by atoms with van der Waals surface area (Å²) in [5.74, 6) is 0.896. The molecule has 2 aromatic rings. The van der Waals surface area contributed by atoms with Crippen LogP contribution in [0.15, 0.2) is 41.3 Å². The molecule has 2 rings (SSSR count). The van der Waals surface area contributed by atoms with Crippen molar-refractivity contribution < 1.29 is 22.7 Å². The normalized spacial score (nSPS) is 11.6. The highest BCUT2D eigenvalue weighted by molar-refractivity contribution is 7.89. The van der Waals surface area contributed by atoms with Crippen LogP contribution in [0.3, 0.4) is 0 Å². The van der Waals surface area contributed by atoms with Gasteiger partial charge in [0, 0.05) is 18.2 Å². The van der Waals surface area contributed by atoms with Gasteiger partial charge in [-0.05, 0) is 56.0 Å². The van der Waals surface area contributed by atoms with Crippen LogP contribution in [0.5, 0.6) is 11.5 Å². The fraction of sp³-hybridized carbons (Fsp3) is 0.435. The molecule has 0 bridgehead atoms. The first kappa shape index (κ1) is 26.0. The first-order valence-electron chi connectivity index (χ1n) is 10.4. The van der Waals surface area contributed by atoms with Crippen LogP contribution < -0.4 is 19.5 Å². The Morgan fingerprint density at radius 3 is 2.47 bits per heavy atom. The highest BCUT2D eigenvalue weighted by Crippen LogP contribution is 2.36. The minimum absolute atomic E-state index is 0.144. The van der Waals surface area contributed by atoms with E-state index in [1.165, 1.54) is 25.3 Å². The van der Waals surface area contributed by atoms with Gasteiger partial charge < -0.3 is 14.8 Å². The van der Waals surface area contributed by atoms with E-state index in [1.54, 1.807) is 32.0 Å². The lowest BCUT2D eigenvalue weighted by Crippen LogP contribution is -2.30. The zero-order valence-corrected chi connectivity index (χ0v) is 20.6. The van der Waals surface area contributed by atoms with Crippen molar-refractivity contribution in [3.8, 4) is 11.5 Å². The second kappa shape index (κ2) is 11.5. The number of methoxy groups -OCH3 is 1. The lowest BCUT2D eigenvalue weighted by atomic mass is 10.1. The molecule has 0 fully saturated rings. The summed E-state index contributed by atoms with van der Waals surface area (Å²) in [6.45, 7) is 8.34. The molecule has 0 heterocycles. The molecular formula is C23H31ClN2O5S. The third-order valence-corrected chi connectivity index (χ3v) is 6.42. The molecule has 0 saturated carbocycles. The summed E-state index contributed by atoms with van der Waals surface area (Å²) in [5, 5.41) is 3.07. The van der Waals surface area contributed by atoms with Gasteiger partial charge in [0.1, 0.15) is 0 Å². The smallest absolute Gasteiger partial charge is 0.251 e. The lowest BCUT2D eigenvalue weighted by molar-refractivity contribution is 0.0950. The summed E-state index contributed by atoms with van der Waals surface area (Å²) < 4.78 is 38.4. The fourth-order valence-electron chi connectivity index (χ4n) is 2.87. The average molecular weight is 483 g/mol. The Morgan fingerprint density at radius 1 is 1.12 bits per heavy atom. The van der Waals surface area contributed by atoms with Gasteiger partial charge in [-0.2, -0.15) is 0 Å². The van der Waals surface area contributed by atoms with Gasteiger partial charge in [-0.3, -0.25) is 4.79 Å². The molecule has 2 aromatic carbocycles. The number of hydrogen-bond acceptors (Lipinski definition) is 5. The molecule has 0 aliphatic carbocycles. The van der Waals surface area contributed by atoms with Crippen molar-refractivity contribution in [1.82, 2.24) is 10.0 Å². The molecule has 1 amide bonds. The molecule has 0 saturated heterocycles. The van der Waals surface area contributed by atoms with E-state index in [0.717, 1.165) is 6.42 Å². The van der Waals surface area contributed by atoms with Gasteiger partial charge in [0.05, 0.1) is 23.6 Å². The van der Waals surface area contributed by atoms with E-state index in [-0.39, 0.29) is 28.4 Å². The minimum atomic E-state index is -3.62. The zero-order chi connectivity index (χ0) is 23.9. The fourth-order valence-corrected chi connectivity index (χ4v) is 4.46. The Hall–Kier alpha value is -2.29. The maximum absolute atomic E-state index is 12.7. The third kappa shape index (κ3) is 7.39. The van der Waals surface area contributed by atoms with E-state index < -0.39 is 10.0 Å². The Morgan fingerprint density at radius 2 is 1.84 bits per heavy atom.